The summed E-state index contributed by atoms with van der Waals surface area (Å²) < 4.78 is 10.7. The van der Waals surface area contributed by atoms with Gasteiger partial charge in [0.15, 0.2) is 0 Å². The van der Waals surface area contributed by atoms with E-state index in [1.807, 2.05) is 48.5 Å². The van der Waals surface area contributed by atoms with Crippen molar-refractivity contribution in [1.29, 1.82) is 10.5 Å². The van der Waals surface area contributed by atoms with Crippen molar-refractivity contribution in [3.8, 4) is 23.5 Å². The molecule has 0 amide bonds. The van der Waals surface area contributed by atoms with E-state index in [1.165, 1.54) is 0 Å². The first-order chi connectivity index (χ1) is 29.7. The quantitative estimate of drug-likeness (QED) is 0.175. The van der Waals surface area contributed by atoms with E-state index < -0.39 is 0 Å². The molecule has 0 saturated heterocycles. The fraction of sp³-hybridized carbons (Fsp3) is 0. The van der Waals surface area contributed by atoms with Gasteiger partial charge >= 0.3 is 0 Å². The molecule has 0 aliphatic rings. The fourth-order valence-electron chi connectivity index (χ4n) is 9.35. The number of nitriles is 2. The summed E-state index contributed by atoms with van der Waals surface area (Å²) in [6.07, 6.45) is 0. The van der Waals surface area contributed by atoms with E-state index in [4.69, 9.17) is 4.42 Å². The summed E-state index contributed by atoms with van der Waals surface area (Å²) in [5.41, 5.74) is 10.6. The number of furan rings is 1. The van der Waals surface area contributed by atoms with Gasteiger partial charge in [-0.1, -0.05) is 103 Å². The van der Waals surface area contributed by atoms with Gasteiger partial charge in [0.2, 0.25) is 0 Å². The highest BCUT2D eigenvalue weighted by Crippen LogP contribution is 2.44. The van der Waals surface area contributed by atoms with Crippen molar-refractivity contribution in [3.63, 3.8) is 0 Å². The second kappa shape index (κ2) is 13.0. The zero-order chi connectivity index (χ0) is 39.9. The minimum Gasteiger partial charge on any atom is -0.456 e. The molecular formula is C54H31N5O. The molecule has 0 aliphatic carbocycles. The molecule has 3 heterocycles. The predicted molar refractivity (Wildman–Crippen MR) is 244 cm³/mol. The molecule has 0 fully saturated rings. The number of anilines is 3. The van der Waals surface area contributed by atoms with Gasteiger partial charge in [-0.3, -0.25) is 0 Å². The Labute approximate surface area is 343 Å². The lowest BCUT2D eigenvalue weighted by Gasteiger charge is -2.25. The van der Waals surface area contributed by atoms with Gasteiger partial charge in [0.25, 0.3) is 0 Å². The lowest BCUT2D eigenvalue weighted by atomic mass is 10.0. The molecular weight excluding hydrogens is 735 g/mol. The molecule has 0 bridgehead atoms. The van der Waals surface area contributed by atoms with Crippen molar-refractivity contribution < 1.29 is 4.42 Å². The Morgan fingerprint density at radius 3 is 1.67 bits per heavy atom. The maximum Gasteiger partial charge on any atom is 0.136 e. The van der Waals surface area contributed by atoms with E-state index in [2.05, 4.69) is 166 Å². The molecule has 0 unspecified atom stereocenters. The summed E-state index contributed by atoms with van der Waals surface area (Å²) >= 11 is 0. The van der Waals surface area contributed by atoms with Crippen LogP contribution in [0.5, 0.6) is 0 Å². The molecule has 60 heavy (non-hydrogen) atoms. The Morgan fingerprint density at radius 2 is 0.950 bits per heavy atom. The van der Waals surface area contributed by atoms with Gasteiger partial charge in [0.1, 0.15) is 23.3 Å². The summed E-state index contributed by atoms with van der Waals surface area (Å²) in [5, 5.41) is 30.5. The molecule has 6 nitrogen and oxygen atoms in total. The lowest BCUT2D eigenvalue weighted by molar-refractivity contribution is 0.669. The van der Waals surface area contributed by atoms with Crippen molar-refractivity contribution in [2.45, 2.75) is 0 Å². The van der Waals surface area contributed by atoms with Crippen LogP contribution in [0, 0.1) is 22.7 Å². The summed E-state index contributed by atoms with van der Waals surface area (Å²) in [6, 6.07) is 69.4. The summed E-state index contributed by atoms with van der Waals surface area (Å²) in [7, 11) is 0. The molecule has 12 aromatic rings. The van der Waals surface area contributed by atoms with Crippen LogP contribution in [0.1, 0.15) is 11.1 Å². The Morgan fingerprint density at radius 1 is 0.383 bits per heavy atom. The molecule has 12 rings (SSSR count). The average molecular weight is 766 g/mol. The van der Waals surface area contributed by atoms with Gasteiger partial charge in [0, 0.05) is 49.4 Å². The monoisotopic (exact) mass is 765 g/mol. The first-order valence-corrected chi connectivity index (χ1v) is 19.9. The number of hydrogen-bond donors (Lipinski definition) is 0. The van der Waals surface area contributed by atoms with E-state index in [-0.39, 0.29) is 0 Å². The van der Waals surface area contributed by atoms with Crippen molar-refractivity contribution in [2.75, 3.05) is 4.90 Å². The Bertz CT molecular complexity index is 3760. The second-order valence-corrected chi connectivity index (χ2v) is 15.2. The van der Waals surface area contributed by atoms with E-state index in [0.29, 0.717) is 22.5 Å². The molecule has 0 atom stereocenters. The van der Waals surface area contributed by atoms with Crippen LogP contribution in [0.2, 0.25) is 0 Å². The SMILES string of the molecule is N#Cc1cc(-n2c3ccccc3c3c4ccccc4ccc32)c(C#N)cc1-n1c2ccc(N(c3ccccc3)c3ccccc3)cc2c2cc3oc4ccccc4c3cc21. The van der Waals surface area contributed by atoms with E-state index in [1.54, 1.807) is 0 Å². The third-order valence-electron chi connectivity index (χ3n) is 11.9. The number of nitrogens with zero attached hydrogens (tertiary/aromatic N) is 5. The maximum atomic E-state index is 11.1. The molecule has 0 saturated carbocycles. The number of rotatable bonds is 5. The van der Waals surface area contributed by atoms with Crippen LogP contribution in [0.3, 0.4) is 0 Å². The topological polar surface area (TPSA) is 73.8 Å². The van der Waals surface area contributed by atoms with Crippen LogP contribution in [0.25, 0.3) is 87.7 Å². The van der Waals surface area contributed by atoms with Crippen molar-refractivity contribution in [2.24, 2.45) is 0 Å². The lowest BCUT2D eigenvalue weighted by Crippen LogP contribution is -2.09. The van der Waals surface area contributed by atoms with Crippen LogP contribution in [0.15, 0.2) is 192 Å². The number of benzene rings is 9. The molecule has 0 aliphatic heterocycles. The number of aromatic nitrogens is 2. The first kappa shape index (κ1) is 33.5. The van der Waals surface area contributed by atoms with Crippen LogP contribution < -0.4 is 4.90 Å². The van der Waals surface area contributed by atoms with Gasteiger partial charge in [-0.15, -0.1) is 0 Å². The largest absolute Gasteiger partial charge is 0.456 e. The third-order valence-corrected chi connectivity index (χ3v) is 11.9. The smallest absolute Gasteiger partial charge is 0.136 e. The van der Waals surface area contributed by atoms with Gasteiger partial charge in [-0.2, -0.15) is 10.5 Å². The minimum atomic E-state index is 0.450. The first-order valence-electron chi connectivity index (χ1n) is 19.9. The van der Waals surface area contributed by atoms with Crippen LogP contribution in [0.4, 0.5) is 17.1 Å². The Kier molecular flexibility index (Phi) is 7.26. The van der Waals surface area contributed by atoms with Gasteiger partial charge in [-0.25, -0.2) is 0 Å². The fourth-order valence-corrected chi connectivity index (χ4v) is 9.35. The second-order valence-electron chi connectivity index (χ2n) is 15.2. The summed E-state index contributed by atoms with van der Waals surface area (Å²) in [4.78, 5) is 2.25. The number of fused-ring (bicyclic) bond motifs is 11. The van der Waals surface area contributed by atoms with E-state index >= 15 is 0 Å². The van der Waals surface area contributed by atoms with Gasteiger partial charge in [-0.05, 0) is 95.7 Å². The number of para-hydroxylation sites is 4. The van der Waals surface area contributed by atoms with Crippen LogP contribution in [-0.4, -0.2) is 9.13 Å². The zero-order valence-corrected chi connectivity index (χ0v) is 32.0. The molecule has 3 aromatic heterocycles. The van der Waals surface area contributed by atoms with Gasteiger partial charge in [0.05, 0.1) is 44.6 Å². The molecule has 0 radical (unpaired) electrons. The highest BCUT2D eigenvalue weighted by Gasteiger charge is 2.24. The zero-order valence-electron chi connectivity index (χ0n) is 32.0. The highest BCUT2D eigenvalue weighted by molar-refractivity contribution is 6.22. The van der Waals surface area contributed by atoms with Crippen molar-refractivity contribution in [1.82, 2.24) is 9.13 Å². The van der Waals surface area contributed by atoms with Crippen molar-refractivity contribution >= 4 is 93.4 Å². The molecule has 278 valence electrons. The van der Waals surface area contributed by atoms with E-state index in [0.717, 1.165) is 93.4 Å². The Balaban J connectivity index is 1.15. The molecule has 6 heteroatoms. The maximum absolute atomic E-state index is 11.1. The third kappa shape index (κ3) is 4.86. The highest BCUT2D eigenvalue weighted by atomic mass is 16.3. The average Bonchev–Trinajstić information content (AvgIpc) is 3.95. The summed E-state index contributed by atoms with van der Waals surface area (Å²) in [5.74, 6) is 0. The molecule has 0 N–H and O–H groups in total. The van der Waals surface area contributed by atoms with Crippen LogP contribution >= 0.6 is 0 Å². The molecule has 0 spiro atoms. The number of hydrogen-bond acceptors (Lipinski definition) is 4. The minimum absolute atomic E-state index is 0.450. The van der Waals surface area contributed by atoms with E-state index in [9.17, 15) is 10.5 Å². The molecule has 9 aromatic carbocycles. The standard InChI is InChI=1S/C54H31N5O/c55-32-35-28-50(36(33-56)27-49(35)58-46-21-11-9-20-42(46)54-40-18-8-7-13-34(40)23-25-48(54)58)59-47-26-24-39(57(37-14-3-1-4-15-37)38-16-5-2-6-17-38)29-43(47)44-31-53-45(30-51(44)59)41-19-10-12-22-52(41)60-53/h1-31H. The summed E-state index contributed by atoms with van der Waals surface area (Å²) in [6.45, 7) is 0. The van der Waals surface area contributed by atoms with Gasteiger partial charge < -0.3 is 18.5 Å². The van der Waals surface area contributed by atoms with Crippen molar-refractivity contribution in [3.05, 3.63) is 199 Å². The van der Waals surface area contributed by atoms with Crippen LogP contribution in [-0.2, 0) is 0 Å². The normalized spacial score (nSPS) is 11.6. The predicted octanol–water partition coefficient (Wildman–Crippen LogP) is 14.1. The Hall–Kier alpha value is -8.58.